The molecule has 1 amide bonds. The highest BCUT2D eigenvalue weighted by Crippen LogP contribution is 2.19. The Balaban J connectivity index is 1.77. The monoisotopic (exact) mass is 288 g/mol. The summed E-state index contributed by atoms with van der Waals surface area (Å²) < 4.78 is 10.8. The van der Waals surface area contributed by atoms with E-state index in [1.165, 1.54) is 6.42 Å². The van der Waals surface area contributed by atoms with Gasteiger partial charge in [0, 0.05) is 24.8 Å². The molecule has 0 aromatic heterocycles. The van der Waals surface area contributed by atoms with E-state index in [4.69, 9.17) is 14.7 Å². The Kier molecular flexibility index (Phi) is 6.04. The van der Waals surface area contributed by atoms with E-state index in [2.05, 4.69) is 5.32 Å². The summed E-state index contributed by atoms with van der Waals surface area (Å²) in [5, 5.41) is 11.3. The van der Waals surface area contributed by atoms with Gasteiger partial charge in [-0.1, -0.05) is 6.07 Å². The van der Waals surface area contributed by atoms with Crippen LogP contribution in [0.15, 0.2) is 24.3 Å². The van der Waals surface area contributed by atoms with Crippen molar-refractivity contribution in [1.82, 2.24) is 0 Å². The maximum absolute atomic E-state index is 11.9. The highest BCUT2D eigenvalue weighted by atomic mass is 16.5. The standard InChI is InChI=1S/C16H20N2O3/c17-9-11-21-15-6-3-4-13(12-15)18-16(19)8-7-14-5-1-2-10-20-14/h3-4,6,12,14H,1-2,5,7-8,10-11H2,(H,18,19). The van der Waals surface area contributed by atoms with Crippen molar-refractivity contribution in [3.05, 3.63) is 24.3 Å². The number of anilines is 1. The second kappa shape index (κ2) is 8.28. The van der Waals surface area contributed by atoms with E-state index in [9.17, 15) is 4.79 Å². The Bertz CT molecular complexity index is 504. The Morgan fingerprint density at radius 2 is 2.38 bits per heavy atom. The fourth-order valence-corrected chi connectivity index (χ4v) is 2.33. The van der Waals surface area contributed by atoms with Gasteiger partial charge in [0.1, 0.15) is 11.8 Å². The third-order valence-corrected chi connectivity index (χ3v) is 3.39. The Morgan fingerprint density at radius 1 is 1.48 bits per heavy atom. The summed E-state index contributed by atoms with van der Waals surface area (Å²) in [5.41, 5.74) is 0.681. The van der Waals surface area contributed by atoms with Gasteiger partial charge in [-0.3, -0.25) is 4.79 Å². The van der Waals surface area contributed by atoms with E-state index in [0.29, 0.717) is 17.9 Å². The first-order chi connectivity index (χ1) is 10.3. The quantitative estimate of drug-likeness (QED) is 0.873. The summed E-state index contributed by atoms with van der Waals surface area (Å²) in [7, 11) is 0. The zero-order valence-electron chi connectivity index (χ0n) is 12.0. The second-order valence-electron chi connectivity index (χ2n) is 5.05. The summed E-state index contributed by atoms with van der Waals surface area (Å²) in [6.07, 6.45) is 4.78. The van der Waals surface area contributed by atoms with Gasteiger partial charge in [-0.15, -0.1) is 0 Å². The van der Waals surface area contributed by atoms with Gasteiger partial charge in [0.2, 0.25) is 5.91 Å². The second-order valence-corrected chi connectivity index (χ2v) is 5.05. The number of nitrogens with zero attached hydrogens (tertiary/aromatic N) is 1. The summed E-state index contributed by atoms with van der Waals surface area (Å²) in [5.74, 6) is 0.548. The zero-order chi connectivity index (χ0) is 14.9. The molecule has 0 spiro atoms. The summed E-state index contributed by atoms with van der Waals surface area (Å²) >= 11 is 0. The van der Waals surface area contributed by atoms with Gasteiger partial charge in [0.25, 0.3) is 0 Å². The molecule has 0 saturated carbocycles. The largest absolute Gasteiger partial charge is 0.479 e. The molecular weight excluding hydrogens is 268 g/mol. The molecule has 1 aliphatic rings. The molecule has 0 bridgehead atoms. The van der Waals surface area contributed by atoms with Crippen molar-refractivity contribution in [2.45, 2.75) is 38.2 Å². The normalized spacial score (nSPS) is 17.8. The molecule has 1 saturated heterocycles. The molecule has 1 aliphatic heterocycles. The van der Waals surface area contributed by atoms with Crippen molar-refractivity contribution >= 4 is 11.6 Å². The predicted octanol–water partition coefficient (Wildman–Crippen LogP) is 2.88. The number of benzene rings is 1. The number of nitriles is 1. The van der Waals surface area contributed by atoms with Gasteiger partial charge in [-0.2, -0.15) is 5.26 Å². The highest BCUT2D eigenvalue weighted by molar-refractivity contribution is 5.90. The molecule has 112 valence electrons. The van der Waals surface area contributed by atoms with Crippen LogP contribution in [0.5, 0.6) is 5.75 Å². The van der Waals surface area contributed by atoms with Crippen LogP contribution in [-0.4, -0.2) is 25.2 Å². The topological polar surface area (TPSA) is 71.3 Å². The molecule has 1 atom stereocenters. The van der Waals surface area contributed by atoms with Crippen LogP contribution in [0.4, 0.5) is 5.69 Å². The number of rotatable bonds is 6. The van der Waals surface area contributed by atoms with Crippen LogP contribution in [0.2, 0.25) is 0 Å². The minimum absolute atomic E-state index is 0.00355. The van der Waals surface area contributed by atoms with Gasteiger partial charge >= 0.3 is 0 Å². The van der Waals surface area contributed by atoms with Crippen LogP contribution in [0, 0.1) is 11.3 Å². The molecule has 2 rings (SSSR count). The first kappa shape index (κ1) is 15.3. The first-order valence-corrected chi connectivity index (χ1v) is 7.29. The van der Waals surface area contributed by atoms with Crippen LogP contribution in [0.25, 0.3) is 0 Å². The molecule has 5 nitrogen and oxygen atoms in total. The van der Waals surface area contributed by atoms with Crippen molar-refractivity contribution < 1.29 is 14.3 Å². The summed E-state index contributed by atoms with van der Waals surface area (Å²) in [6.45, 7) is 0.807. The third-order valence-electron chi connectivity index (χ3n) is 3.39. The molecule has 1 fully saturated rings. The third kappa shape index (κ3) is 5.44. The minimum atomic E-state index is -0.0263. The number of carbonyl (C=O) groups excluding carboxylic acids is 1. The SMILES string of the molecule is N#CCOc1cccc(NC(=O)CCC2CCCCO2)c1. The van der Waals surface area contributed by atoms with Gasteiger partial charge in [0.05, 0.1) is 6.10 Å². The Hall–Kier alpha value is -2.06. The number of amides is 1. The molecular formula is C16H20N2O3. The number of hydrogen-bond acceptors (Lipinski definition) is 4. The van der Waals surface area contributed by atoms with Crippen LogP contribution in [-0.2, 0) is 9.53 Å². The molecule has 1 aromatic carbocycles. The first-order valence-electron chi connectivity index (χ1n) is 7.29. The molecule has 0 aliphatic carbocycles. The van der Waals surface area contributed by atoms with E-state index in [0.717, 1.165) is 25.9 Å². The van der Waals surface area contributed by atoms with E-state index in [1.807, 2.05) is 6.07 Å². The van der Waals surface area contributed by atoms with Crippen molar-refractivity contribution in [3.63, 3.8) is 0 Å². The van der Waals surface area contributed by atoms with Crippen molar-refractivity contribution in [3.8, 4) is 11.8 Å². The Morgan fingerprint density at radius 3 is 3.14 bits per heavy atom. The molecule has 1 aromatic rings. The van der Waals surface area contributed by atoms with Gasteiger partial charge in [0.15, 0.2) is 6.61 Å². The maximum atomic E-state index is 11.9. The summed E-state index contributed by atoms with van der Waals surface area (Å²) in [6, 6.07) is 8.96. The number of carbonyl (C=O) groups is 1. The lowest BCUT2D eigenvalue weighted by molar-refractivity contribution is -0.117. The molecule has 1 unspecified atom stereocenters. The fraction of sp³-hybridized carbons (Fsp3) is 0.500. The van der Waals surface area contributed by atoms with E-state index in [1.54, 1.807) is 24.3 Å². The van der Waals surface area contributed by atoms with E-state index < -0.39 is 0 Å². The highest BCUT2D eigenvalue weighted by Gasteiger charge is 2.15. The smallest absolute Gasteiger partial charge is 0.224 e. The van der Waals surface area contributed by atoms with Gasteiger partial charge < -0.3 is 14.8 Å². The zero-order valence-corrected chi connectivity index (χ0v) is 12.0. The summed E-state index contributed by atoms with van der Waals surface area (Å²) in [4.78, 5) is 11.9. The molecule has 21 heavy (non-hydrogen) atoms. The Labute approximate surface area is 124 Å². The lowest BCUT2D eigenvalue weighted by atomic mass is 10.0. The minimum Gasteiger partial charge on any atom is -0.479 e. The van der Waals surface area contributed by atoms with Crippen LogP contribution < -0.4 is 10.1 Å². The molecule has 1 heterocycles. The van der Waals surface area contributed by atoms with Crippen molar-refractivity contribution in [1.29, 1.82) is 5.26 Å². The number of nitrogens with one attached hydrogen (secondary N) is 1. The number of ether oxygens (including phenoxy) is 2. The fourth-order valence-electron chi connectivity index (χ4n) is 2.33. The van der Waals surface area contributed by atoms with Crippen molar-refractivity contribution in [2.24, 2.45) is 0 Å². The van der Waals surface area contributed by atoms with Crippen LogP contribution in [0.3, 0.4) is 0 Å². The molecule has 1 N–H and O–H groups in total. The lowest BCUT2D eigenvalue weighted by Gasteiger charge is -2.22. The maximum Gasteiger partial charge on any atom is 0.224 e. The molecule has 5 heteroatoms. The van der Waals surface area contributed by atoms with Crippen molar-refractivity contribution in [2.75, 3.05) is 18.5 Å². The lowest BCUT2D eigenvalue weighted by Crippen LogP contribution is -2.21. The van der Waals surface area contributed by atoms with Gasteiger partial charge in [-0.25, -0.2) is 0 Å². The average molecular weight is 288 g/mol. The van der Waals surface area contributed by atoms with Gasteiger partial charge in [-0.05, 0) is 37.8 Å². The number of hydrogen-bond donors (Lipinski definition) is 1. The predicted molar refractivity (Wildman–Crippen MR) is 79.0 cm³/mol. The average Bonchev–Trinajstić information content (AvgIpc) is 2.52. The molecule has 0 radical (unpaired) electrons. The van der Waals surface area contributed by atoms with E-state index >= 15 is 0 Å². The van der Waals surface area contributed by atoms with E-state index in [-0.39, 0.29) is 18.6 Å². The van der Waals surface area contributed by atoms with Crippen LogP contribution in [0.1, 0.15) is 32.1 Å². The van der Waals surface area contributed by atoms with Crippen LogP contribution >= 0.6 is 0 Å².